The van der Waals surface area contributed by atoms with Crippen molar-refractivity contribution in [2.24, 2.45) is 46.3 Å². The summed E-state index contributed by atoms with van der Waals surface area (Å²) < 4.78 is 12.4. The molecule has 3 fully saturated rings. The Kier molecular flexibility index (Phi) is 11.7. The maximum absolute atomic E-state index is 12.6. The van der Waals surface area contributed by atoms with Crippen LogP contribution in [-0.4, -0.2) is 43.1 Å². The Morgan fingerprint density at radius 1 is 0.975 bits per heavy atom. The third-order valence-corrected chi connectivity index (χ3v) is 13.0. The molecule has 0 aromatic carbocycles. The molecule has 0 N–H and O–H groups in total. The van der Waals surface area contributed by atoms with Crippen molar-refractivity contribution >= 4 is 6.16 Å². The Morgan fingerprint density at radius 2 is 1.68 bits per heavy atom. The van der Waals surface area contributed by atoms with Crippen molar-refractivity contribution in [1.29, 1.82) is 0 Å². The van der Waals surface area contributed by atoms with Gasteiger partial charge in [0.15, 0.2) is 0 Å². The lowest BCUT2D eigenvalue weighted by Gasteiger charge is -2.58. The van der Waals surface area contributed by atoms with E-state index in [1.54, 1.807) is 5.57 Å². The van der Waals surface area contributed by atoms with Gasteiger partial charge in [-0.2, -0.15) is 0 Å². The summed E-state index contributed by atoms with van der Waals surface area (Å²) in [6.07, 6.45) is 16.3. The fourth-order valence-corrected chi connectivity index (χ4v) is 10.1. The summed E-state index contributed by atoms with van der Waals surface area (Å²) in [6.45, 7) is 22.4. The van der Waals surface area contributed by atoms with Gasteiger partial charge < -0.3 is 26.5 Å². The maximum atomic E-state index is 12.6. The molecule has 40 heavy (non-hydrogen) atoms. The second kappa shape index (κ2) is 13.8. The van der Waals surface area contributed by atoms with E-state index in [2.05, 4.69) is 61.5 Å². The van der Waals surface area contributed by atoms with E-state index in [1.165, 1.54) is 51.4 Å². The molecule has 0 aromatic heterocycles. The van der Waals surface area contributed by atoms with E-state index in [9.17, 15) is 4.79 Å². The molecule has 4 aliphatic rings. The van der Waals surface area contributed by atoms with Gasteiger partial charge in [-0.05, 0) is 112 Å². The van der Waals surface area contributed by atoms with Gasteiger partial charge in [-0.25, -0.2) is 4.79 Å². The van der Waals surface area contributed by atoms with Crippen molar-refractivity contribution in [3.8, 4) is 0 Å². The topological polar surface area (TPSA) is 35.5 Å². The van der Waals surface area contributed by atoms with Crippen LogP contribution in [0.2, 0.25) is 0 Å². The zero-order valence-corrected chi connectivity index (χ0v) is 28.9. The van der Waals surface area contributed by atoms with Crippen LogP contribution in [0, 0.1) is 46.3 Å². The Bertz CT molecular complexity index is 860. The summed E-state index contributed by atoms with van der Waals surface area (Å²) in [4.78, 5) is 12.6. The number of fused-ring (bicyclic) bond motifs is 5. The van der Waals surface area contributed by atoms with E-state index in [-0.39, 0.29) is 28.5 Å². The highest BCUT2D eigenvalue weighted by atomic mass is 79.9. The molecule has 0 spiro atoms. The van der Waals surface area contributed by atoms with Gasteiger partial charge >= 0.3 is 6.16 Å². The second-order valence-electron chi connectivity index (χ2n) is 15.1. The normalized spacial score (nSPS) is 36.0. The predicted molar refractivity (Wildman–Crippen MR) is 161 cm³/mol. The highest BCUT2D eigenvalue weighted by Crippen LogP contribution is 2.67. The number of carbonyl (C=O) groups excluding carboxylic acids is 1. The first-order valence-electron chi connectivity index (χ1n) is 16.9. The number of hydrogen-bond donors (Lipinski definition) is 0. The molecule has 4 rings (SSSR count). The summed E-state index contributed by atoms with van der Waals surface area (Å²) >= 11 is 0. The van der Waals surface area contributed by atoms with Crippen molar-refractivity contribution < 1.29 is 35.7 Å². The number of hydrogen-bond acceptors (Lipinski definition) is 3. The number of nitrogens with zero attached hydrogens (tertiary/aromatic N) is 1. The second-order valence-corrected chi connectivity index (χ2v) is 15.1. The number of allylic oxidation sites excluding steroid dienone is 1. The Balaban J connectivity index is 0.00000441. The summed E-state index contributed by atoms with van der Waals surface area (Å²) in [5.74, 6) is 5.14. The summed E-state index contributed by atoms with van der Waals surface area (Å²) in [5.41, 5.74) is 2.40. The molecule has 5 heteroatoms. The quantitative estimate of drug-likeness (QED) is 0.116. The number of halogens is 1. The van der Waals surface area contributed by atoms with Crippen LogP contribution >= 0.6 is 0 Å². The fraction of sp³-hybridized carbons (Fsp3) is 0.914. The fourth-order valence-electron chi connectivity index (χ4n) is 10.1. The van der Waals surface area contributed by atoms with E-state index in [1.807, 2.05) is 0 Å². The monoisotopic (exact) mass is 623 g/mol. The molecular formula is C35H62BrNO3. The first-order chi connectivity index (χ1) is 18.5. The molecule has 1 unspecified atom stereocenters. The van der Waals surface area contributed by atoms with Crippen molar-refractivity contribution in [1.82, 2.24) is 0 Å². The predicted octanol–water partition coefficient (Wildman–Crippen LogP) is 6.39. The molecule has 4 aliphatic carbocycles. The summed E-state index contributed by atoms with van der Waals surface area (Å²) in [6, 6.07) is 0. The van der Waals surface area contributed by atoms with Gasteiger partial charge in [0, 0.05) is 6.42 Å². The minimum Gasteiger partial charge on any atom is -1.00 e. The molecule has 0 saturated heterocycles. The van der Waals surface area contributed by atoms with Crippen LogP contribution in [0.1, 0.15) is 126 Å². The van der Waals surface area contributed by atoms with Gasteiger partial charge in [0.1, 0.15) is 6.10 Å². The average Bonchev–Trinajstić information content (AvgIpc) is 3.27. The third kappa shape index (κ3) is 6.66. The van der Waals surface area contributed by atoms with Crippen LogP contribution < -0.4 is 17.0 Å². The van der Waals surface area contributed by atoms with Gasteiger partial charge in [-0.1, -0.05) is 65.5 Å². The molecule has 0 amide bonds. The van der Waals surface area contributed by atoms with E-state index < -0.39 is 6.16 Å². The minimum atomic E-state index is -0.469. The zero-order valence-electron chi connectivity index (χ0n) is 27.3. The molecule has 4 nitrogen and oxygen atoms in total. The largest absolute Gasteiger partial charge is 1.00 e. The van der Waals surface area contributed by atoms with E-state index in [0.717, 1.165) is 78.9 Å². The molecule has 0 aromatic rings. The number of carbonyl (C=O) groups is 1. The SMILES string of the molecule is CC[N+](CC)(CC)COC(=O)O[C@H]1CC[C@@]2(C)C(=CC[C@@H]3[C@@H]2CC[C@]2(C)C([C@H](C)CCCC(C)C)CC[C@@H]32)C1.[Br-]. The molecular weight excluding hydrogens is 562 g/mol. The molecule has 0 radical (unpaired) electrons. The highest BCUT2D eigenvalue weighted by Gasteiger charge is 2.59. The van der Waals surface area contributed by atoms with Gasteiger partial charge in [0.05, 0.1) is 19.6 Å². The number of quaternary nitrogens is 1. The van der Waals surface area contributed by atoms with Crippen molar-refractivity contribution in [2.75, 3.05) is 26.4 Å². The van der Waals surface area contributed by atoms with Crippen LogP contribution in [0.5, 0.6) is 0 Å². The lowest BCUT2D eigenvalue weighted by molar-refractivity contribution is -0.939. The number of rotatable bonds is 11. The van der Waals surface area contributed by atoms with Gasteiger partial charge in [0.25, 0.3) is 0 Å². The van der Waals surface area contributed by atoms with Crippen LogP contribution in [0.25, 0.3) is 0 Å². The van der Waals surface area contributed by atoms with E-state index in [4.69, 9.17) is 9.47 Å². The third-order valence-electron chi connectivity index (χ3n) is 13.0. The minimum absolute atomic E-state index is 0. The van der Waals surface area contributed by atoms with E-state index >= 15 is 0 Å². The standard InChI is InChI=1S/C35H62NO3.BrH/c1-9-36(10-2,11-3)24-38-33(37)39-28-19-21-34(7)27(23-28)15-16-29-31-18-17-30(26(6)14-12-13-25(4)5)35(31,8)22-20-32(29)34;/h15,25-26,28-32H,9-14,16-24H2,1-8H3;1H/q+1;/p-1/t26-,28+,29+,30?,31+,32+,34+,35-;/m1./s1. The first kappa shape index (κ1) is 33.9. The van der Waals surface area contributed by atoms with Crippen LogP contribution in [0.15, 0.2) is 11.6 Å². The molecule has 0 heterocycles. The highest BCUT2D eigenvalue weighted by molar-refractivity contribution is 5.60. The Labute approximate surface area is 257 Å². The maximum Gasteiger partial charge on any atom is 0.512 e. The van der Waals surface area contributed by atoms with E-state index in [0.29, 0.717) is 12.1 Å². The lowest BCUT2D eigenvalue weighted by atomic mass is 9.47. The van der Waals surface area contributed by atoms with Crippen molar-refractivity contribution in [3.63, 3.8) is 0 Å². The van der Waals surface area contributed by atoms with Crippen LogP contribution in [0.4, 0.5) is 4.79 Å². The summed E-state index contributed by atoms with van der Waals surface area (Å²) in [7, 11) is 0. The lowest BCUT2D eigenvalue weighted by Crippen LogP contribution is -3.00. The zero-order chi connectivity index (χ0) is 28.4. The molecule has 232 valence electrons. The molecule has 0 aliphatic heterocycles. The molecule has 0 bridgehead atoms. The molecule has 3 saturated carbocycles. The van der Waals surface area contributed by atoms with Crippen LogP contribution in [0.3, 0.4) is 0 Å². The average molecular weight is 625 g/mol. The van der Waals surface area contributed by atoms with Crippen molar-refractivity contribution in [2.45, 2.75) is 132 Å². The smallest absolute Gasteiger partial charge is 0.512 e. The number of ether oxygens (including phenoxy) is 2. The van der Waals surface area contributed by atoms with Crippen molar-refractivity contribution in [3.05, 3.63) is 11.6 Å². The Morgan fingerprint density at radius 3 is 2.33 bits per heavy atom. The van der Waals surface area contributed by atoms with Gasteiger partial charge in [-0.15, -0.1) is 0 Å². The van der Waals surface area contributed by atoms with Crippen LogP contribution in [-0.2, 0) is 9.47 Å². The first-order valence-corrected chi connectivity index (χ1v) is 16.9. The van der Waals surface area contributed by atoms with Gasteiger partial charge in [-0.3, -0.25) is 4.48 Å². The Hall–Kier alpha value is -0.550. The summed E-state index contributed by atoms with van der Waals surface area (Å²) in [5, 5.41) is 0. The van der Waals surface area contributed by atoms with Gasteiger partial charge in [0.2, 0.25) is 6.73 Å². The molecule has 8 atom stereocenters.